The van der Waals surface area contributed by atoms with E-state index in [9.17, 15) is 60.9 Å². The molecule has 3 aromatic heterocycles. The van der Waals surface area contributed by atoms with E-state index < -0.39 is 61.0 Å². The molecule has 2 amide bonds. The van der Waals surface area contributed by atoms with Crippen LogP contribution >= 0.6 is 10.7 Å². The summed E-state index contributed by atoms with van der Waals surface area (Å²) in [7, 11) is -2.73. The standard InChI is InChI=1S/C28H26N2O6S.C27H24N2O4.C16H11NO3.C11H15NO2.CH3ClO2S/c1-3-35-24(31)18-23(19-12-6-4-7-13-19)30-28(32)25-21-16-10-11-17-22(21)29-26(20-14-8-5-9-15-20)27(25)36-37(2,33)34;1-2-33-23(30)17-22(18-11-5-3-6-12-18)29-27(32)24-20-15-9-10-16-21(20)28-25(26(24)31)19-13-7-4-8-14-19;18-15-13(16(19)20)11-8-4-5-9-12(11)17-14(15)10-6-2-1-3-7-10;1-2-14-11(13)8-10(12)9-6-4-3-5-7-9;1-5(2,3)4/h4-17,23H,3,18H2,1-2H3,(H,30,32);3-16,22,31H,2,17H2,1H3,(H,29,32);1-9,18H,(H,19,20);3-7,10H,2,8,12H2,1H3;1H3/t23-;22-;;10-;/m00.0./s1. The number of nitrogens with zero attached hydrogens (tertiary/aromatic N) is 3. The van der Waals surface area contributed by atoms with Gasteiger partial charge in [-0.3, -0.25) is 24.0 Å². The molecule has 23 nitrogen and oxygen atoms in total. The van der Waals surface area contributed by atoms with Crippen molar-refractivity contribution >= 4 is 98.3 Å². The first-order chi connectivity index (χ1) is 52.3. The minimum absolute atomic E-state index is 0.000307. The number of fused-ring (bicyclic) bond motifs is 3. The van der Waals surface area contributed by atoms with Gasteiger partial charge < -0.3 is 50.1 Å². The molecule has 562 valence electrons. The number of nitrogens with one attached hydrogen (secondary N) is 2. The summed E-state index contributed by atoms with van der Waals surface area (Å²) in [6.07, 6.45) is 1.93. The second-order valence-corrected chi connectivity index (χ2v) is 28.5. The Hall–Kier alpha value is -12.4. The Labute approximate surface area is 634 Å². The number of hydrogen-bond donors (Lipinski definition) is 6. The summed E-state index contributed by atoms with van der Waals surface area (Å²) in [6, 6.07) is 74.2. The van der Waals surface area contributed by atoms with E-state index >= 15 is 0 Å². The molecule has 3 heterocycles. The molecule has 0 spiro atoms. The molecule has 3 atom stereocenters. The van der Waals surface area contributed by atoms with Gasteiger partial charge in [-0.25, -0.2) is 28.2 Å². The second-order valence-electron chi connectivity index (χ2n) is 23.9. The molecule has 109 heavy (non-hydrogen) atoms. The van der Waals surface area contributed by atoms with E-state index in [0.29, 0.717) is 67.3 Å². The third kappa shape index (κ3) is 24.0. The van der Waals surface area contributed by atoms with Crippen LogP contribution < -0.4 is 20.6 Å². The molecule has 9 aromatic carbocycles. The van der Waals surface area contributed by atoms with Crippen molar-refractivity contribution in [2.45, 2.75) is 58.2 Å². The Morgan fingerprint density at radius 2 is 0.697 bits per heavy atom. The molecule has 0 fully saturated rings. The fourth-order valence-electron chi connectivity index (χ4n) is 11.2. The number of nitrogens with two attached hydrogens (primary N) is 1. The lowest BCUT2D eigenvalue weighted by Gasteiger charge is -2.21. The first kappa shape index (κ1) is 82.2. The molecular formula is C83H79ClN6O17S2. The lowest BCUT2D eigenvalue weighted by atomic mass is 9.99. The van der Waals surface area contributed by atoms with Gasteiger partial charge in [-0.1, -0.05) is 237 Å². The lowest BCUT2D eigenvalue weighted by Crippen LogP contribution is -2.31. The van der Waals surface area contributed by atoms with Crippen molar-refractivity contribution < 1.29 is 79.3 Å². The molecular weight excluding hydrogens is 1450 g/mol. The fraction of sp³-hybridized carbons (Fsp3) is 0.169. The molecule has 0 saturated carbocycles. The number of para-hydroxylation sites is 3. The van der Waals surface area contributed by atoms with Crippen LogP contribution in [0.15, 0.2) is 255 Å². The normalized spacial score (nSPS) is 11.7. The predicted octanol–water partition coefficient (Wildman–Crippen LogP) is 14.8. The fourth-order valence-corrected chi connectivity index (χ4v) is 11.7. The van der Waals surface area contributed by atoms with Crippen LogP contribution in [0.2, 0.25) is 0 Å². The molecule has 0 aliphatic heterocycles. The number of aromatic carboxylic acids is 1. The summed E-state index contributed by atoms with van der Waals surface area (Å²) in [5, 5.41) is 37.9. The lowest BCUT2D eigenvalue weighted by molar-refractivity contribution is -0.144. The third-order valence-corrected chi connectivity index (χ3v) is 16.4. The van der Waals surface area contributed by atoms with Crippen molar-refractivity contribution in [1.29, 1.82) is 0 Å². The number of carboxylic acids is 1. The number of esters is 3. The second kappa shape index (κ2) is 39.8. The summed E-state index contributed by atoms with van der Waals surface area (Å²) in [4.78, 5) is 88.2. The van der Waals surface area contributed by atoms with Crippen molar-refractivity contribution in [2.24, 2.45) is 5.73 Å². The topological polar surface area (TPSA) is 357 Å². The van der Waals surface area contributed by atoms with Gasteiger partial charge in [0.1, 0.15) is 22.6 Å². The molecule has 0 radical (unpaired) electrons. The van der Waals surface area contributed by atoms with E-state index in [-0.39, 0.29) is 89.8 Å². The van der Waals surface area contributed by atoms with Crippen molar-refractivity contribution in [2.75, 3.05) is 32.3 Å². The SMILES string of the molecule is CCOC(=O)C[C@H](N)c1ccccc1.CCOC(=O)C[C@H](NC(=O)c1c(O)c(-c2ccccc2)nc2ccccc12)c1ccccc1.CCOC(=O)C[C@H](NC(=O)c1c(OS(C)(=O)=O)c(-c2ccccc2)nc2ccccc12)c1ccccc1.CS(=O)(=O)Cl.O=C(O)c1c(O)c(-c2ccccc2)nc2ccccc12. The Morgan fingerprint density at radius 3 is 1.06 bits per heavy atom. The number of aromatic hydroxyl groups is 2. The zero-order valence-corrected chi connectivity index (χ0v) is 62.3. The molecule has 12 rings (SSSR count). The van der Waals surface area contributed by atoms with Gasteiger partial charge in [0, 0.05) is 49.6 Å². The number of amides is 2. The maximum Gasteiger partial charge on any atom is 0.340 e. The number of carboxylic acid groups (broad SMARTS) is 1. The first-order valence-corrected chi connectivity index (χ1v) is 38.6. The highest BCUT2D eigenvalue weighted by molar-refractivity contribution is 8.13. The summed E-state index contributed by atoms with van der Waals surface area (Å²) in [6.45, 7) is 6.09. The Bertz CT molecular complexity index is 5350. The molecule has 7 N–H and O–H groups in total. The Kier molecular flexibility index (Phi) is 30.0. The molecule has 0 bridgehead atoms. The average molecular weight is 1530 g/mol. The summed E-state index contributed by atoms with van der Waals surface area (Å²) in [5.41, 5.74) is 12.6. The van der Waals surface area contributed by atoms with Gasteiger partial charge in [0.05, 0.1) is 91.4 Å². The number of ether oxygens (including phenoxy) is 3. The summed E-state index contributed by atoms with van der Waals surface area (Å²) >= 11 is 0. The number of rotatable bonds is 22. The minimum atomic E-state index is -4.03. The molecule has 0 unspecified atom stereocenters. The van der Waals surface area contributed by atoms with Crippen LogP contribution in [0.1, 0.15) is 106 Å². The van der Waals surface area contributed by atoms with Crippen LogP contribution in [-0.2, 0) is 47.8 Å². The van der Waals surface area contributed by atoms with E-state index in [4.69, 9.17) is 24.1 Å². The maximum absolute atomic E-state index is 13.9. The Morgan fingerprint density at radius 1 is 0.413 bits per heavy atom. The monoisotopic (exact) mass is 1530 g/mol. The van der Waals surface area contributed by atoms with Crippen LogP contribution in [-0.4, -0.2) is 115 Å². The van der Waals surface area contributed by atoms with Gasteiger partial charge in [0.25, 0.3) is 11.8 Å². The van der Waals surface area contributed by atoms with E-state index in [2.05, 4.69) is 36.3 Å². The molecule has 0 saturated heterocycles. The summed E-state index contributed by atoms with van der Waals surface area (Å²) in [5.74, 6) is -4.12. The van der Waals surface area contributed by atoms with Crippen LogP contribution in [0.5, 0.6) is 17.2 Å². The summed E-state index contributed by atoms with van der Waals surface area (Å²) < 4.78 is 63.9. The third-order valence-electron chi connectivity index (χ3n) is 15.9. The minimum Gasteiger partial charge on any atom is -0.505 e. The predicted molar refractivity (Wildman–Crippen MR) is 418 cm³/mol. The average Bonchev–Trinajstić information content (AvgIpc) is 0.774. The van der Waals surface area contributed by atoms with Crippen LogP contribution in [0.25, 0.3) is 66.5 Å². The highest BCUT2D eigenvalue weighted by atomic mass is 35.7. The first-order valence-electron chi connectivity index (χ1n) is 34.1. The number of aromatic nitrogens is 3. The number of hydrogen-bond acceptors (Lipinski definition) is 20. The maximum atomic E-state index is 13.9. The van der Waals surface area contributed by atoms with E-state index in [1.807, 2.05) is 127 Å². The number of carbonyl (C=O) groups excluding carboxylic acids is 5. The van der Waals surface area contributed by atoms with Gasteiger partial charge >= 0.3 is 34.0 Å². The van der Waals surface area contributed by atoms with E-state index in [0.717, 1.165) is 23.6 Å². The smallest absolute Gasteiger partial charge is 0.340 e. The van der Waals surface area contributed by atoms with E-state index in [1.54, 1.807) is 148 Å². The van der Waals surface area contributed by atoms with Crippen LogP contribution in [0, 0.1) is 0 Å². The van der Waals surface area contributed by atoms with Gasteiger partial charge in [-0.15, -0.1) is 0 Å². The Balaban J connectivity index is 0.000000188. The highest BCUT2D eigenvalue weighted by Crippen LogP contribution is 2.40. The van der Waals surface area contributed by atoms with Crippen LogP contribution in [0.3, 0.4) is 0 Å². The highest BCUT2D eigenvalue weighted by Gasteiger charge is 2.30. The largest absolute Gasteiger partial charge is 0.505 e. The van der Waals surface area contributed by atoms with Crippen molar-refractivity contribution in [3.05, 3.63) is 288 Å². The zero-order chi connectivity index (χ0) is 78.6. The van der Waals surface area contributed by atoms with Gasteiger partial charge in [-0.2, -0.15) is 8.42 Å². The number of carbonyl (C=O) groups is 6. The number of pyridine rings is 3. The van der Waals surface area contributed by atoms with Crippen LogP contribution in [0.4, 0.5) is 0 Å². The van der Waals surface area contributed by atoms with Crippen molar-refractivity contribution in [3.8, 4) is 51.0 Å². The van der Waals surface area contributed by atoms with Crippen molar-refractivity contribution in [1.82, 2.24) is 25.6 Å². The van der Waals surface area contributed by atoms with Gasteiger partial charge in [0.2, 0.25) is 9.05 Å². The van der Waals surface area contributed by atoms with Crippen molar-refractivity contribution in [3.63, 3.8) is 0 Å². The quantitative estimate of drug-likeness (QED) is 0.0159. The van der Waals surface area contributed by atoms with Gasteiger partial charge in [0.15, 0.2) is 17.2 Å². The number of benzene rings is 9. The molecule has 0 aliphatic carbocycles. The zero-order valence-electron chi connectivity index (χ0n) is 59.9. The van der Waals surface area contributed by atoms with Gasteiger partial charge in [-0.05, 0) is 55.7 Å². The molecule has 0 aliphatic rings. The molecule has 12 aromatic rings. The van der Waals surface area contributed by atoms with E-state index in [1.165, 1.54) is 0 Å². The molecule has 26 heteroatoms. The number of halogens is 1.